The van der Waals surface area contributed by atoms with E-state index in [4.69, 9.17) is 9.47 Å². The number of hydrogen-bond acceptors (Lipinski definition) is 4. The molecule has 1 aliphatic carbocycles. The molecule has 1 saturated carbocycles. The summed E-state index contributed by atoms with van der Waals surface area (Å²) in [4.78, 5) is 14.2. The minimum absolute atomic E-state index is 0.170. The van der Waals surface area contributed by atoms with E-state index in [9.17, 15) is 4.79 Å². The van der Waals surface area contributed by atoms with E-state index in [1.165, 1.54) is 6.42 Å². The van der Waals surface area contributed by atoms with Crippen molar-refractivity contribution in [1.29, 1.82) is 0 Å². The topological polar surface area (TPSA) is 50.8 Å². The van der Waals surface area contributed by atoms with Crippen molar-refractivity contribution in [3.05, 3.63) is 0 Å². The summed E-state index contributed by atoms with van der Waals surface area (Å²) in [5.74, 6) is 0.671. The van der Waals surface area contributed by atoms with Crippen molar-refractivity contribution in [2.45, 2.75) is 84.1 Å². The predicted molar refractivity (Wildman–Crippen MR) is 94.0 cm³/mol. The fraction of sp³-hybridized carbons (Fsp3) is 0.947. The number of rotatable bonds is 2. The quantitative estimate of drug-likeness (QED) is 0.840. The van der Waals surface area contributed by atoms with Crippen molar-refractivity contribution >= 4 is 6.09 Å². The van der Waals surface area contributed by atoms with Gasteiger partial charge in [0.05, 0.1) is 6.10 Å². The first-order valence-electron chi connectivity index (χ1n) is 9.54. The number of amides is 1. The van der Waals surface area contributed by atoms with Gasteiger partial charge in [-0.05, 0) is 46.5 Å². The van der Waals surface area contributed by atoms with Crippen molar-refractivity contribution in [3.8, 4) is 0 Å². The second kappa shape index (κ2) is 6.49. The first kappa shape index (κ1) is 18.0. The lowest BCUT2D eigenvalue weighted by molar-refractivity contribution is -0.115. The molecule has 0 aromatic rings. The van der Waals surface area contributed by atoms with Gasteiger partial charge < -0.3 is 19.7 Å². The molecule has 0 spiro atoms. The summed E-state index contributed by atoms with van der Waals surface area (Å²) in [6.07, 6.45) is 4.61. The van der Waals surface area contributed by atoms with Crippen molar-refractivity contribution in [2.75, 3.05) is 19.7 Å². The minimum atomic E-state index is -0.422. The number of fused-ring (bicyclic) bond motifs is 1. The molecule has 0 radical (unpaired) electrons. The van der Waals surface area contributed by atoms with Gasteiger partial charge in [0.25, 0.3) is 0 Å². The van der Waals surface area contributed by atoms with E-state index in [0.717, 1.165) is 39.0 Å². The Kier molecular flexibility index (Phi) is 4.86. The highest BCUT2D eigenvalue weighted by Crippen LogP contribution is 2.52. The highest BCUT2D eigenvalue weighted by molar-refractivity contribution is 5.68. The lowest BCUT2D eigenvalue weighted by atomic mass is 9.57. The Labute approximate surface area is 146 Å². The molecule has 2 saturated heterocycles. The molecule has 4 atom stereocenters. The van der Waals surface area contributed by atoms with Gasteiger partial charge >= 0.3 is 6.09 Å². The highest BCUT2D eigenvalue weighted by Gasteiger charge is 2.59. The van der Waals surface area contributed by atoms with Crippen LogP contribution >= 0.6 is 0 Å². The molecule has 0 aromatic carbocycles. The fourth-order valence-electron chi connectivity index (χ4n) is 4.69. The number of nitrogens with zero attached hydrogens (tertiary/aromatic N) is 1. The van der Waals surface area contributed by atoms with Crippen LogP contribution < -0.4 is 5.32 Å². The van der Waals surface area contributed by atoms with Crippen LogP contribution in [0.4, 0.5) is 4.79 Å². The Morgan fingerprint density at radius 3 is 2.67 bits per heavy atom. The molecular weight excluding hydrogens is 304 g/mol. The Morgan fingerprint density at radius 2 is 1.96 bits per heavy atom. The van der Waals surface area contributed by atoms with Gasteiger partial charge in [0.1, 0.15) is 5.60 Å². The van der Waals surface area contributed by atoms with Crippen molar-refractivity contribution < 1.29 is 14.3 Å². The SMILES string of the molecule is CC(C)(C)OC(=O)N1CCC[C@H](N[C@@H]2[C@H]3CCO[C@@H]3C2(C)C)CC1. The second-order valence-corrected chi connectivity index (χ2v) is 9.30. The zero-order valence-corrected chi connectivity index (χ0v) is 15.9. The summed E-state index contributed by atoms with van der Waals surface area (Å²) >= 11 is 0. The predicted octanol–water partition coefficient (Wildman–Crippen LogP) is 3.18. The van der Waals surface area contributed by atoms with E-state index in [1.807, 2.05) is 25.7 Å². The molecule has 2 heterocycles. The van der Waals surface area contributed by atoms with Crippen LogP contribution in [0.5, 0.6) is 0 Å². The van der Waals surface area contributed by atoms with Crippen LogP contribution in [-0.4, -0.2) is 54.5 Å². The standard InChI is InChI=1S/C19H34N2O3/c1-18(2,3)24-17(22)21-10-6-7-13(8-11-21)20-15-14-9-12-23-16(14)19(15,4)5/h13-16,20H,6-12H2,1-5H3/t13-,14+,15+,16-/m0/s1. The highest BCUT2D eigenvalue weighted by atomic mass is 16.6. The molecule has 3 fully saturated rings. The average Bonchev–Trinajstić information content (AvgIpc) is 2.79. The van der Waals surface area contributed by atoms with Crippen LogP contribution in [0.15, 0.2) is 0 Å². The third-order valence-corrected chi connectivity index (χ3v) is 5.90. The first-order chi connectivity index (χ1) is 11.2. The van der Waals surface area contributed by atoms with Gasteiger partial charge in [-0.25, -0.2) is 4.79 Å². The molecule has 0 bridgehead atoms. The number of ether oxygens (including phenoxy) is 2. The normalized spacial score (nSPS) is 35.8. The molecule has 0 unspecified atom stereocenters. The summed E-state index contributed by atoms with van der Waals surface area (Å²) in [6.45, 7) is 12.9. The number of hydrogen-bond donors (Lipinski definition) is 1. The first-order valence-corrected chi connectivity index (χ1v) is 9.54. The lowest BCUT2D eigenvalue weighted by Crippen LogP contribution is -2.67. The Bertz CT molecular complexity index is 472. The smallest absolute Gasteiger partial charge is 0.410 e. The third kappa shape index (κ3) is 3.57. The molecule has 1 N–H and O–H groups in total. The van der Waals surface area contributed by atoms with E-state index in [2.05, 4.69) is 19.2 Å². The van der Waals surface area contributed by atoms with Crippen LogP contribution in [0.2, 0.25) is 0 Å². The molecule has 3 rings (SSSR count). The molecule has 5 nitrogen and oxygen atoms in total. The van der Waals surface area contributed by atoms with Gasteiger partial charge in [-0.3, -0.25) is 0 Å². The maximum atomic E-state index is 12.3. The van der Waals surface area contributed by atoms with Crippen LogP contribution in [0.25, 0.3) is 0 Å². The summed E-state index contributed by atoms with van der Waals surface area (Å²) in [7, 11) is 0. The summed E-state index contributed by atoms with van der Waals surface area (Å²) in [6, 6.07) is 1.03. The maximum Gasteiger partial charge on any atom is 0.410 e. The average molecular weight is 338 g/mol. The van der Waals surface area contributed by atoms with Crippen LogP contribution in [0, 0.1) is 11.3 Å². The van der Waals surface area contributed by atoms with Gasteiger partial charge in [-0.15, -0.1) is 0 Å². The number of carbonyl (C=O) groups is 1. The molecule has 138 valence electrons. The van der Waals surface area contributed by atoms with Crippen LogP contribution in [0.3, 0.4) is 0 Å². The Hall–Kier alpha value is -0.810. The zero-order valence-electron chi connectivity index (χ0n) is 15.9. The third-order valence-electron chi connectivity index (χ3n) is 5.90. The lowest BCUT2D eigenvalue weighted by Gasteiger charge is -2.56. The van der Waals surface area contributed by atoms with Gasteiger partial charge in [0.2, 0.25) is 0 Å². The van der Waals surface area contributed by atoms with E-state index in [0.29, 0.717) is 24.1 Å². The van der Waals surface area contributed by atoms with Gasteiger partial charge in [0.15, 0.2) is 0 Å². The van der Waals surface area contributed by atoms with Crippen molar-refractivity contribution in [3.63, 3.8) is 0 Å². The molecule has 24 heavy (non-hydrogen) atoms. The second-order valence-electron chi connectivity index (χ2n) is 9.30. The molecule has 3 aliphatic rings. The van der Waals surface area contributed by atoms with Gasteiger partial charge in [-0.1, -0.05) is 13.8 Å². The number of likely N-dealkylation sites (tertiary alicyclic amines) is 1. The monoisotopic (exact) mass is 338 g/mol. The molecular formula is C19H34N2O3. The number of carbonyl (C=O) groups excluding carboxylic acids is 1. The molecule has 1 amide bonds. The summed E-state index contributed by atoms with van der Waals surface area (Å²) < 4.78 is 11.4. The zero-order chi connectivity index (χ0) is 17.5. The van der Waals surface area contributed by atoms with E-state index >= 15 is 0 Å². The summed E-state index contributed by atoms with van der Waals surface area (Å²) in [5, 5.41) is 3.91. The Morgan fingerprint density at radius 1 is 1.21 bits per heavy atom. The molecule has 0 aromatic heterocycles. The fourth-order valence-corrected chi connectivity index (χ4v) is 4.69. The van der Waals surface area contributed by atoms with Gasteiger partial charge in [-0.2, -0.15) is 0 Å². The van der Waals surface area contributed by atoms with Gasteiger partial charge in [0, 0.05) is 43.1 Å². The van der Waals surface area contributed by atoms with E-state index < -0.39 is 5.60 Å². The van der Waals surface area contributed by atoms with E-state index in [-0.39, 0.29) is 11.5 Å². The van der Waals surface area contributed by atoms with E-state index in [1.54, 1.807) is 0 Å². The number of nitrogens with one attached hydrogen (secondary N) is 1. The molecule has 2 aliphatic heterocycles. The van der Waals surface area contributed by atoms with Crippen LogP contribution in [-0.2, 0) is 9.47 Å². The Balaban J connectivity index is 1.52. The van der Waals surface area contributed by atoms with Crippen molar-refractivity contribution in [2.24, 2.45) is 11.3 Å². The minimum Gasteiger partial charge on any atom is -0.444 e. The van der Waals surface area contributed by atoms with Crippen LogP contribution in [0.1, 0.15) is 60.3 Å². The largest absolute Gasteiger partial charge is 0.444 e. The maximum absolute atomic E-state index is 12.3. The molecule has 5 heteroatoms. The van der Waals surface area contributed by atoms with Crippen molar-refractivity contribution in [1.82, 2.24) is 10.2 Å². The summed E-state index contributed by atoms with van der Waals surface area (Å²) in [5.41, 5.74) is -0.202.